The lowest BCUT2D eigenvalue weighted by atomic mass is 10.1. The number of hydrogen-bond acceptors (Lipinski definition) is 4. The van der Waals surface area contributed by atoms with Crippen molar-refractivity contribution in [2.45, 2.75) is 13.3 Å². The monoisotopic (exact) mass is 279 g/mol. The van der Waals surface area contributed by atoms with Crippen molar-refractivity contribution in [3.63, 3.8) is 0 Å². The van der Waals surface area contributed by atoms with E-state index in [-0.39, 0.29) is 5.43 Å². The molecule has 3 aromatic rings. The summed E-state index contributed by atoms with van der Waals surface area (Å²) in [4.78, 5) is 12.5. The Morgan fingerprint density at radius 1 is 1.14 bits per heavy atom. The first-order valence-corrected chi connectivity index (χ1v) is 6.76. The molecule has 0 aliphatic carbocycles. The van der Waals surface area contributed by atoms with Crippen molar-refractivity contribution in [1.29, 1.82) is 5.26 Å². The van der Waals surface area contributed by atoms with Crippen molar-refractivity contribution in [2.75, 3.05) is 6.61 Å². The molecule has 0 radical (unpaired) electrons. The van der Waals surface area contributed by atoms with Crippen molar-refractivity contribution in [3.8, 4) is 11.8 Å². The van der Waals surface area contributed by atoms with Crippen LogP contribution < -0.4 is 10.2 Å². The van der Waals surface area contributed by atoms with Gasteiger partial charge < -0.3 is 9.15 Å². The topological polar surface area (TPSA) is 63.2 Å². The summed E-state index contributed by atoms with van der Waals surface area (Å²) in [7, 11) is 0. The van der Waals surface area contributed by atoms with Crippen LogP contribution in [0.5, 0.6) is 5.75 Å². The third kappa shape index (κ3) is 2.34. The van der Waals surface area contributed by atoms with Crippen LogP contribution in [0.2, 0.25) is 0 Å². The number of rotatable bonds is 3. The molecule has 1 aromatic heterocycles. The van der Waals surface area contributed by atoms with Gasteiger partial charge in [-0.15, -0.1) is 0 Å². The Morgan fingerprint density at radius 2 is 2.00 bits per heavy atom. The molecule has 0 saturated carbocycles. The molecule has 0 fully saturated rings. The maximum Gasteiger partial charge on any atom is 0.200 e. The van der Waals surface area contributed by atoms with Gasteiger partial charge in [-0.1, -0.05) is 6.92 Å². The number of ether oxygens (including phenoxy) is 1. The molecule has 0 bridgehead atoms. The molecule has 4 nitrogen and oxygen atoms in total. The number of hydrogen-bond donors (Lipinski definition) is 0. The van der Waals surface area contributed by atoms with Crippen LogP contribution in [0.25, 0.3) is 21.9 Å². The molecule has 1 heterocycles. The van der Waals surface area contributed by atoms with Crippen LogP contribution in [0, 0.1) is 11.3 Å². The summed E-state index contributed by atoms with van der Waals surface area (Å²) < 4.78 is 11.3. The number of benzene rings is 2. The zero-order valence-electron chi connectivity index (χ0n) is 11.6. The van der Waals surface area contributed by atoms with E-state index in [0.29, 0.717) is 39.9 Å². The third-order valence-corrected chi connectivity index (χ3v) is 3.24. The van der Waals surface area contributed by atoms with E-state index in [0.717, 1.165) is 6.42 Å². The summed E-state index contributed by atoms with van der Waals surface area (Å²) >= 11 is 0. The molecule has 0 aliphatic heterocycles. The fraction of sp³-hybridized carbons (Fsp3) is 0.176. The molecule has 0 aliphatic rings. The van der Waals surface area contributed by atoms with Gasteiger partial charge in [-0.25, -0.2) is 0 Å². The summed E-state index contributed by atoms with van der Waals surface area (Å²) in [6, 6.07) is 12.1. The van der Waals surface area contributed by atoms with E-state index in [2.05, 4.69) is 0 Å². The maximum atomic E-state index is 12.5. The summed E-state index contributed by atoms with van der Waals surface area (Å²) in [5.41, 5.74) is 1.27. The van der Waals surface area contributed by atoms with Gasteiger partial charge in [-0.3, -0.25) is 4.79 Å². The predicted octanol–water partition coefficient (Wildman–Crippen LogP) is 3.61. The van der Waals surface area contributed by atoms with Crippen LogP contribution in [0.1, 0.15) is 18.9 Å². The SMILES string of the molecule is CCCOc1ccc2oc3cc(C#N)ccc3c(=O)c2c1. The van der Waals surface area contributed by atoms with E-state index in [4.69, 9.17) is 14.4 Å². The van der Waals surface area contributed by atoms with E-state index in [1.54, 1.807) is 36.4 Å². The van der Waals surface area contributed by atoms with Crippen LogP contribution in [0.15, 0.2) is 45.6 Å². The molecule has 0 amide bonds. The van der Waals surface area contributed by atoms with Crippen molar-refractivity contribution >= 4 is 21.9 Å². The molecule has 2 aromatic carbocycles. The lowest BCUT2D eigenvalue weighted by Gasteiger charge is -2.06. The van der Waals surface area contributed by atoms with E-state index >= 15 is 0 Å². The summed E-state index contributed by atoms with van der Waals surface area (Å²) in [5, 5.41) is 9.87. The maximum absolute atomic E-state index is 12.5. The number of nitriles is 1. The Morgan fingerprint density at radius 3 is 2.76 bits per heavy atom. The summed E-state index contributed by atoms with van der Waals surface area (Å²) in [6.45, 7) is 2.63. The lowest BCUT2D eigenvalue weighted by Crippen LogP contribution is -2.03. The molecule has 3 rings (SSSR count). The van der Waals surface area contributed by atoms with Crippen molar-refractivity contribution in [2.24, 2.45) is 0 Å². The van der Waals surface area contributed by atoms with Gasteiger partial charge in [0.25, 0.3) is 0 Å². The zero-order chi connectivity index (χ0) is 14.8. The van der Waals surface area contributed by atoms with Gasteiger partial charge in [0.15, 0.2) is 0 Å². The molecule has 0 saturated heterocycles. The Labute approximate surface area is 121 Å². The molecule has 4 heteroatoms. The van der Waals surface area contributed by atoms with Gasteiger partial charge in [-0.2, -0.15) is 5.26 Å². The second kappa shape index (κ2) is 5.29. The average Bonchev–Trinajstić information content (AvgIpc) is 2.53. The smallest absolute Gasteiger partial charge is 0.200 e. The Balaban J connectivity index is 2.24. The fourth-order valence-corrected chi connectivity index (χ4v) is 2.21. The van der Waals surface area contributed by atoms with Gasteiger partial charge in [-0.05, 0) is 42.8 Å². The van der Waals surface area contributed by atoms with Gasteiger partial charge in [0.2, 0.25) is 5.43 Å². The quantitative estimate of drug-likeness (QED) is 0.687. The van der Waals surface area contributed by atoms with Crippen LogP contribution in [-0.2, 0) is 0 Å². The highest BCUT2D eigenvalue weighted by Gasteiger charge is 2.09. The van der Waals surface area contributed by atoms with Crippen LogP contribution in [0.3, 0.4) is 0 Å². The largest absolute Gasteiger partial charge is 0.494 e. The van der Waals surface area contributed by atoms with Gasteiger partial charge in [0.05, 0.1) is 29.0 Å². The summed E-state index contributed by atoms with van der Waals surface area (Å²) in [6.07, 6.45) is 0.904. The van der Waals surface area contributed by atoms with Gasteiger partial charge in [0, 0.05) is 0 Å². The van der Waals surface area contributed by atoms with E-state index in [1.165, 1.54) is 0 Å². The number of nitrogens with zero attached hydrogens (tertiary/aromatic N) is 1. The average molecular weight is 279 g/mol. The minimum atomic E-state index is -0.113. The normalized spacial score (nSPS) is 10.7. The minimum Gasteiger partial charge on any atom is -0.494 e. The number of fused-ring (bicyclic) bond motifs is 2. The van der Waals surface area contributed by atoms with E-state index < -0.39 is 0 Å². The second-order valence-corrected chi connectivity index (χ2v) is 4.76. The first kappa shape index (κ1) is 13.2. The Bertz CT molecular complexity index is 919. The first-order chi connectivity index (χ1) is 10.2. The first-order valence-electron chi connectivity index (χ1n) is 6.76. The molecule has 21 heavy (non-hydrogen) atoms. The Hall–Kier alpha value is -2.80. The van der Waals surface area contributed by atoms with Crippen molar-refractivity contribution in [1.82, 2.24) is 0 Å². The standard InChI is InChI=1S/C17H13NO3/c1-2-7-20-12-4-6-15-14(9-12)17(19)13-5-3-11(10-18)8-16(13)21-15/h3-6,8-9H,2,7H2,1H3. The van der Waals surface area contributed by atoms with E-state index in [1.807, 2.05) is 13.0 Å². The summed E-state index contributed by atoms with van der Waals surface area (Å²) in [5.74, 6) is 0.657. The molecular weight excluding hydrogens is 266 g/mol. The third-order valence-electron chi connectivity index (χ3n) is 3.24. The van der Waals surface area contributed by atoms with Gasteiger partial charge in [0.1, 0.15) is 16.9 Å². The molecule has 0 spiro atoms. The molecule has 0 N–H and O–H groups in total. The molecule has 0 atom stereocenters. The van der Waals surface area contributed by atoms with Crippen LogP contribution in [0.4, 0.5) is 0 Å². The van der Waals surface area contributed by atoms with Crippen LogP contribution >= 0.6 is 0 Å². The van der Waals surface area contributed by atoms with E-state index in [9.17, 15) is 4.79 Å². The highest BCUT2D eigenvalue weighted by Crippen LogP contribution is 2.23. The Kier molecular flexibility index (Phi) is 3.33. The highest BCUT2D eigenvalue weighted by molar-refractivity contribution is 5.90. The van der Waals surface area contributed by atoms with Crippen molar-refractivity contribution < 1.29 is 9.15 Å². The molecular formula is C17H13NO3. The highest BCUT2D eigenvalue weighted by atomic mass is 16.5. The molecule has 0 unspecified atom stereocenters. The molecule has 104 valence electrons. The van der Waals surface area contributed by atoms with Crippen molar-refractivity contribution in [3.05, 3.63) is 52.2 Å². The minimum absolute atomic E-state index is 0.113. The zero-order valence-corrected chi connectivity index (χ0v) is 11.6. The van der Waals surface area contributed by atoms with Gasteiger partial charge >= 0.3 is 0 Å². The lowest BCUT2D eigenvalue weighted by molar-refractivity contribution is 0.318. The van der Waals surface area contributed by atoms with Crippen LogP contribution in [-0.4, -0.2) is 6.61 Å². The fourth-order valence-electron chi connectivity index (χ4n) is 2.21. The predicted molar refractivity (Wildman–Crippen MR) is 80.5 cm³/mol. The second-order valence-electron chi connectivity index (χ2n) is 4.76.